The van der Waals surface area contributed by atoms with Gasteiger partial charge in [-0.1, -0.05) is 6.07 Å². The molecule has 1 aliphatic heterocycles. The summed E-state index contributed by atoms with van der Waals surface area (Å²) in [7, 11) is 0. The van der Waals surface area contributed by atoms with Crippen LogP contribution in [0.25, 0.3) is 5.82 Å². The number of thioether (sulfide) groups is 1. The quantitative estimate of drug-likeness (QED) is 0.760. The molecule has 1 amide bonds. The number of amides is 1. The molecule has 24 heavy (non-hydrogen) atoms. The van der Waals surface area contributed by atoms with Crippen molar-refractivity contribution < 1.29 is 4.79 Å². The Morgan fingerprint density at radius 2 is 2.17 bits per heavy atom. The van der Waals surface area contributed by atoms with Gasteiger partial charge in [0.1, 0.15) is 5.82 Å². The van der Waals surface area contributed by atoms with Gasteiger partial charge in [-0.3, -0.25) is 4.79 Å². The summed E-state index contributed by atoms with van der Waals surface area (Å²) in [6.07, 6.45) is 1.73. The number of carbonyl (C=O) groups excluding carboxylic acids is 1. The molecule has 0 saturated heterocycles. The summed E-state index contributed by atoms with van der Waals surface area (Å²) in [4.78, 5) is 17.9. The Balaban J connectivity index is 1.92. The monoisotopic (exact) mass is 356 g/mol. The first-order valence-corrected chi connectivity index (χ1v) is 9.54. The van der Waals surface area contributed by atoms with E-state index in [2.05, 4.69) is 33.8 Å². The van der Waals surface area contributed by atoms with Gasteiger partial charge in [0.25, 0.3) is 0 Å². The molecule has 3 aromatic rings. The van der Waals surface area contributed by atoms with Crippen LogP contribution in [0.2, 0.25) is 0 Å². The van der Waals surface area contributed by atoms with Gasteiger partial charge in [-0.25, -0.2) is 4.98 Å². The topological polar surface area (TPSA) is 59.8 Å². The van der Waals surface area contributed by atoms with E-state index in [0.29, 0.717) is 11.6 Å². The average molecular weight is 356 g/mol. The zero-order valence-electron chi connectivity index (χ0n) is 13.3. The molecule has 1 aliphatic rings. The van der Waals surface area contributed by atoms with Gasteiger partial charge >= 0.3 is 0 Å². The van der Waals surface area contributed by atoms with E-state index in [1.54, 1.807) is 34.0 Å². The first-order chi connectivity index (χ1) is 11.6. The number of aryl methyl sites for hydroxylation is 2. The molecule has 0 spiro atoms. The highest BCUT2D eigenvalue weighted by Gasteiger charge is 2.32. The summed E-state index contributed by atoms with van der Waals surface area (Å²) in [5, 5.41) is 9.89. The van der Waals surface area contributed by atoms with Crippen LogP contribution in [0.5, 0.6) is 0 Å². The lowest BCUT2D eigenvalue weighted by Crippen LogP contribution is -2.16. The Kier molecular flexibility index (Phi) is 3.90. The Morgan fingerprint density at radius 3 is 2.88 bits per heavy atom. The third-order valence-electron chi connectivity index (χ3n) is 4.01. The maximum atomic E-state index is 12.2. The van der Waals surface area contributed by atoms with E-state index in [-0.39, 0.29) is 11.2 Å². The highest BCUT2D eigenvalue weighted by atomic mass is 32.2. The predicted molar refractivity (Wildman–Crippen MR) is 98.1 cm³/mol. The maximum absolute atomic E-state index is 12.2. The van der Waals surface area contributed by atoms with E-state index < -0.39 is 0 Å². The molecule has 0 fully saturated rings. The first kappa shape index (κ1) is 15.4. The molecule has 3 aromatic heterocycles. The number of anilines is 1. The number of aromatic nitrogens is 3. The molecule has 0 aromatic carbocycles. The standard InChI is InChI=1S/C17H16N4OS2/c1-10-6-8-23-15(10)16-14-11(2)20-21(12-5-3-4-7-18-12)17(14)19-13(22)9-24-16/h3-8,16H,9H2,1-2H3,(H,19,22)/t16-/m0/s1. The molecule has 4 heterocycles. The summed E-state index contributed by atoms with van der Waals surface area (Å²) < 4.78 is 1.74. The number of hydrogen-bond donors (Lipinski definition) is 1. The Bertz CT molecular complexity index is 901. The summed E-state index contributed by atoms with van der Waals surface area (Å²) in [6, 6.07) is 7.80. The number of fused-ring (bicyclic) bond motifs is 1. The molecule has 5 nitrogen and oxygen atoms in total. The summed E-state index contributed by atoms with van der Waals surface area (Å²) in [5.74, 6) is 1.86. The lowest BCUT2D eigenvalue weighted by molar-refractivity contribution is -0.113. The van der Waals surface area contributed by atoms with Crippen molar-refractivity contribution in [3.05, 3.63) is 57.5 Å². The van der Waals surface area contributed by atoms with Gasteiger partial charge in [0.2, 0.25) is 5.91 Å². The second-order valence-corrected chi connectivity index (χ2v) is 7.70. The van der Waals surface area contributed by atoms with Gasteiger partial charge < -0.3 is 5.32 Å². The van der Waals surface area contributed by atoms with Crippen molar-refractivity contribution in [3.63, 3.8) is 0 Å². The van der Waals surface area contributed by atoms with Crippen LogP contribution in [-0.4, -0.2) is 26.4 Å². The van der Waals surface area contributed by atoms with E-state index in [9.17, 15) is 4.79 Å². The van der Waals surface area contributed by atoms with Crippen LogP contribution >= 0.6 is 23.1 Å². The lowest BCUT2D eigenvalue weighted by Gasteiger charge is -2.14. The van der Waals surface area contributed by atoms with Crippen molar-refractivity contribution in [1.29, 1.82) is 0 Å². The number of nitrogens with one attached hydrogen (secondary N) is 1. The second-order valence-electron chi connectivity index (χ2n) is 5.65. The van der Waals surface area contributed by atoms with Gasteiger partial charge in [-0.15, -0.1) is 23.1 Å². The van der Waals surface area contributed by atoms with Crippen LogP contribution in [0.3, 0.4) is 0 Å². The van der Waals surface area contributed by atoms with Gasteiger partial charge in [-0.2, -0.15) is 9.78 Å². The highest BCUT2D eigenvalue weighted by Crippen LogP contribution is 2.46. The number of thiophene rings is 1. The molecule has 0 radical (unpaired) electrons. The van der Waals surface area contributed by atoms with Gasteiger partial charge in [-0.05, 0) is 43.0 Å². The van der Waals surface area contributed by atoms with Crippen LogP contribution in [0.4, 0.5) is 5.82 Å². The Labute approximate surface area is 148 Å². The van der Waals surface area contributed by atoms with E-state index in [0.717, 1.165) is 17.1 Å². The van der Waals surface area contributed by atoms with Crippen molar-refractivity contribution >= 4 is 34.8 Å². The minimum Gasteiger partial charge on any atom is -0.310 e. The summed E-state index contributed by atoms with van der Waals surface area (Å²) >= 11 is 3.39. The molecule has 1 N–H and O–H groups in total. The lowest BCUT2D eigenvalue weighted by atomic mass is 10.1. The molecule has 4 rings (SSSR count). The SMILES string of the molecule is Cc1ccsc1[C@H]1SCC(=O)Nc2c1c(C)nn2-c1ccccn1. The number of nitrogens with zero attached hydrogens (tertiary/aromatic N) is 3. The molecule has 0 saturated carbocycles. The van der Waals surface area contributed by atoms with Crippen molar-refractivity contribution in [3.8, 4) is 5.82 Å². The minimum absolute atomic E-state index is 0.00459. The van der Waals surface area contributed by atoms with Crippen molar-refractivity contribution in [1.82, 2.24) is 14.8 Å². The molecule has 0 bridgehead atoms. The Morgan fingerprint density at radius 1 is 1.29 bits per heavy atom. The predicted octanol–water partition coefficient (Wildman–Crippen LogP) is 3.72. The fraction of sp³-hybridized carbons (Fsp3) is 0.235. The fourth-order valence-electron chi connectivity index (χ4n) is 2.89. The second kappa shape index (κ2) is 6.07. The zero-order chi connectivity index (χ0) is 16.7. The van der Waals surface area contributed by atoms with E-state index in [4.69, 9.17) is 0 Å². The summed E-state index contributed by atoms with van der Waals surface area (Å²) in [6.45, 7) is 4.11. The third-order valence-corrected chi connectivity index (χ3v) is 6.48. The van der Waals surface area contributed by atoms with Crippen molar-refractivity contribution in [2.75, 3.05) is 11.1 Å². The number of rotatable bonds is 2. The third kappa shape index (κ3) is 2.53. The van der Waals surface area contributed by atoms with Gasteiger partial charge in [0.15, 0.2) is 5.82 Å². The maximum Gasteiger partial charge on any atom is 0.235 e. The van der Waals surface area contributed by atoms with E-state index in [1.807, 2.05) is 25.1 Å². The molecular formula is C17H16N4OS2. The molecular weight excluding hydrogens is 340 g/mol. The smallest absolute Gasteiger partial charge is 0.235 e. The molecule has 7 heteroatoms. The normalized spacial score (nSPS) is 17.2. The van der Waals surface area contributed by atoms with Crippen LogP contribution in [-0.2, 0) is 4.79 Å². The van der Waals surface area contributed by atoms with Gasteiger partial charge in [0, 0.05) is 16.6 Å². The van der Waals surface area contributed by atoms with E-state index in [1.165, 1.54) is 10.4 Å². The van der Waals surface area contributed by atoms with Gasteiger partial charge in [0.05, 0.1) is 16.7 Å². The largest absolute Gasteiger partial charge is 0.310 e. The highest BCUT2D eigenvalue weighted by molar-refractivity contribution is 8.00. The molecule has 122 valence electrons. The minimum atomic E-state index is -0.00459. The Hall–Kier alpha value is -2.12. The van der Waals surface area contributed by atoms with Crippen LogP contribution in [0.1, 0.15) is 26.9 Å². The summed E-state index contributed by atoms with van der Waals surface area (Å²) in [5.41, 5.74) is 3.24. The van der Waals surface area contributed by atoms with Crippen LogP contribution in [0.15, 0.2) is 35.8 Å². The van der Waals surface area contributed by atoms with E-state index >= 15 is 0 Å². The number of carbonyl (C=O) groups is 1. The zero-order valence-corrected chi connectivity index (χ0v) is 14.9. The molecule has 1 atom stereocenters. The molecule has 0 unspecified atom stereocenters. The van der Waals surface area contributed by atoms with Crippen molar-refractivity contribution in [2.24, 2.45) is 0 Å². The average Bonchev–Trinajstić information content (AvgIpc) is 3.09. The first-order valence-electron chi connectivity index (χ1n) is 7.61. The fourth-order valence-corrected chi connectivity index (χ4v) is 5.35. The molecule has 0 aliphatic carbocycles. The van der Waals surface area contributed by atoms with Crippen LogP contribution < -0.4 is 5.32 Å². The number of pyridine rings is 1. The number of hydrogen-bond acceptors (Lipinski definition) is 5. The van der Waals surface area contributed by atoms with Crippen molar-refractivity contribution in [2.45, 2.75) is 19.1 Å². The van der Waals surface area contributed by atoms with Crippen LogP contribution in [0, 0.1) is 13.8 Å².